The molecule has 11 heavy (non-hydrogen) atoms. The van der Waals surface area contributed by atoms with Crippen molar-refractivity contribution in [1.29, 1.82) is 0 Å². The molecule has 0 aliphatic carbocycles. The van der Waals surface area contributed by atoms with Crippen molar-refractivity contribution in [3.05, 3.63) is 35.5 Å². The summed E-state index contributed by atoms with van der Waals surface area (Å²) in [5, 5.41) is 11.1. The summed E-state index contributed by atoms with van der Waals surface area (Å²) in [6.45, 7) is 0. The molecule has 0 unspecified atom stereocenters. The fourth-order valence-corrected chi connectivity index (χ4v) is 0.824. The van der Waals surface area contributed by atoms with Gasteiger partial charge in [-0.05, 0) is 12.1 Å². The summed E-state index contributed by atoms with van der Waals surface area (Å²) in [5.74, 6) is 0. The lowest BCUT2D eigenvalue weighted by atomic mass is 10.3. The maximum absolute atomic E-state index is 11.1. The molecule has 0 aromatic heterocycles. The minimum Gasteiger partial charge on any atom is -0.607 e. The Bertz CT molecular complexity index is 215. The van der Waals surface area contributed by atoms with Crippen LogP contribution in [0.3, 0.4) is 0 Å². The first-order valence-corrected chi connectivity index (χ1v) is 3.46. The maximum Gasteiger partial charge on any atom is 0.0901 e. The molecule has 1 aromatic carbocycles. The van der Waals surface area contributed by atoms with E-state index in [0.717, 1.165) is 5.69 Å². The number of nitrogens with zero attached hydrogens (tertiary/aromatic N) is 1. The van der Waals surface area contributed by atoms with Gasteiger partial charge in [-0.3, -0.25) is 4.76 Å². The predicted octanol–water partition coefficient (Wildman–Crippen LogP) is 1.59. The summed E-state index contributed by atoms with van der Waals surface area (Å²) < 4.78 is -0.510. The molecule has 1 aromatic rings. The standard InChI is InChI=1S/C8H12N2O/c1-10(2,11)9-8-6-4-3-5-7-8/h3-7,9H,1-2H3. The number of hydrogen-bond acceptors (Lipinski definition) is 2. The molecule has 1 rings (SSSR count). The van der Waals surface area contributed by atoms with Crippen LogP contribution in [0.4, 0.5) is 5.69 Å². The van der Waals surface area contributed by atoms with Crippen LogP contribution in [0.5, 0.6) is 0 Å². The zero-order valence-corrected chi connectivity index (χ0v) is 6.74. The summed E-state index contributed by atoms with van der Waals surface area (Å²) in [4.78, 5) is 0. The van der Waals surface area contributed by atoms with E-state index < -0.39 is 4.76 Å². The van der Waals surface area contributed by atoms with Gasteiger partial charge in [-0.25, -0.2) is 5.43 Å². The number of rotatable bonds is 2. The molecule has 0 bridgehead atoms. The van der Waals surface area contributed by atoms with Gasteiger partial charge in [0.15, 0.2) is 0 Å². The molecule has 0 atom stereocenters. The molecule has 0 aliphatic rings. The Hall–Kier alpha value is -1.06. The van der Waals surface area contributed by atoms with Crippen LogP contribution in [0, 0.1) is 5.21 Å². The lowest BCUT2D eigenvalue weighted by molar-refractivity contribution is -0.816. The van der Waals surface area contributed by atoms with Crippen molar-refractivity contribution in [3.63, 3.8) is 0 Å². The van der Waals surface area contributed by atoms with Crippen molar-refractivity contribution in [2.45, 2.75) is 0 Å². The van der Waals surface area contributed by atoms with Gasteiger partial charge in [0.2, 0.25) is 0 Å². The SMILES string of the molecule is C[N+](C)([O-])Nc1ccccc1. The first kappa shape index (κ1) is 8.04. The monoisotopic (exact) mass is 152 g/mol. The lowest BCUT2D eigenvalue weighted by Gasteiger charge is -2.33. The Labute approximate surface area is 66.4 Å². The molecule has 0 saturated carbocycles. The van der Waals surface area contributed by atoms with E-state index in [1.807, 2.05) is 30.3 Å². The molecular formula is C8H12N2O. The molecule has 0 aliphatic heterocycles. The van der Waals surface area contributed by atoms with E-state index in [1.54, 1.807) is 0 Å². The van der Waals surface area contributed by atoms with Gasteiger partial charge in [0, 0.05) is 0 Å². The van der Waals surface area contributed by atoms with Crippen LogP contribution in [-0.4, -0.2) is 18.9 Å². The molecule has 3 heteroatoms. The molecule has 0 amide bonds. The number of benzene rings is 1. The second-order valence-electron chi connectivity index (χ2n) is 2.83. The van der Waals surface area contributed by atoms with Crippen molar-refractivity contribution in [2.75, 3.05) is 19.5 Å². The van der Waals surface area contributed by atoms with Gasteiger partial charge in [-0.1, -0.05) is 18.2 Å². The van der Waals surface area contributed by atoms with E-state index in [2.05, 4.69) is 5.43 Å². The van der Waals surface area contributed by atoms with Gasteiger partial charge in [-0.15, -0.1) is 0 Å². The highest BCUT2D eigenvalue weighted by molar-refractivity contribution is 5.39. The van der Waals surface area contributed by atoms with Crippen LogP contribution in [0.15, 0.2) is 30.3 Å². The van der Waals surface area contributed by atoms with Gasteiger partial charge in [-0.2, -0.15) is 0 Å². The Morgan fingerprint density at radius 3 is 2.18 bits per heavy atom. The summed E-state index contributed by atoms with van der Waals surface area (Å²) >= 11 is 0. The number of hydroxylamine groups is 2. The van der Waals surface area contributed by atoms with Crippen molar-refractivity contribution >= 4 is 5.69 Å². The molecule has 0 saturated heterocycles. The predicted molar refractivity (Wildman–Crippen MR) is 45.5 cm³/mol. The van der Waals surface area contributed by atoms with Gasteiger partial charge in [0.1, 0.15) is 0 Å². The van der Waals surface area contributed by atoms with Crippen molar-refractivity contribution in [2.24, 2.45) is 0 Å². The first-order chi connectivity index (χ1) is 5.08. The van der Waals surface area contributed by atoms with Crippen LogP contribution in [-0.2, 0) is 0 Å². The number of nitrogens with one attached hydrogen (secondary N) is 1. The third-order valence-corrected chi connectivity index (χ3v) is 1.17. The van der Waals surface area contributed by atoms with E-state index in [4.69, 9.17) is 0 Å². The summed E-state index contributed by atoms with van der Waals surface area (Å²) in [6.07, 6.45) is 0. The third-order valence-electron chi connectivity index (χ3n) is 1.17. The summed E-state index contributed by atoms with van der Waals surface area (Å²) in [6, 6.07) is 9.40. The molecule has 0 fully saturated rings. The lowest BCUT2D eigenvalue weighted by Crippen LogP contribution is -2.38. The minimum atomic E-state index is -0.510. The molecule has 60 valence electrons. The minimum absolute atomic E-state index is 0.510. The fraction of sp³-hybridized carbons (Fsp3) is 0.250. The number of para-hydroxylation sites is 1. The van der Waals surface area contributed by atoms with E-state index >= 15 is 0 Å². The van der Waals surface area contributed by atoms with Gasteiger partial charge in [0.25, 0.3) is 0 Å². The van der Waals surface area contributed by atoms with Crippen LogP contribution in [0.25, 0.3) is 0 Å². The molecule has 1 N–H and O–H groups in total. The average Bonchev–Trinajstić information content (AvgIpc) is 1.85. The highest BCUT2D eigenvalue weighted by atomic mass is 16.6. The second-order valence-corrected chi connectivity index (χ2v) is 2.83. The van der Waals surface area contributed by atoms with Gasteiger partial charge in [0.05, 0.1) is 19.8 Å². The summed E-state index contributed by atoms with van der Waals surface area (Å²) in [7, 11) is 3.07. The van der Waals surface area contributed by atoms with E-state index in [-0.39, 0.29) is 0 Å². The molecule has 0 heterocycles. The number of hydrogen-bond donors (Lipinski definition) is 1. The highest BCUT2D eigenvalue weighted by Gasteiger charge is 1.99. The van der Waals surface area contributed by atoms with E-state index in [0.29, 0.717) is 0 Å². The Kier molecular flexibility index (Phi) is 2.12. The Morgan fingerprint density at radius 1 is 1.18 bits per heavy atom. The van der Waals surface area contributed by atoms with Crippen LogP contribution in [0.1, 0.15) is 0 Å². The number of quaternary nitrogens is 1. The van der Waals surface area contributed by atoms with Crippen molar-refractivity contribution < 1.29 is 4.76 Å². The molecule has 0 radical (unpaired) electrons. The topological polar surface area (TPSA) is 35.1 Å². The highest BCUT2D eigenvalue weighted by Crippen LogP contribution is 2.07. The normalized spacial score (nSPS) is 11.2. The smallest absolute Gasteiger partial charge is 0.0901 e. The van der Waals surface area contributed by atoms with Crippen molar-refractivity contribution in [1.82, 2.24) is 0 Å². The molecule has 0 spiro atoms. The van der Waals surface area contributed by atoms with E-state index in [9.17, 15) is 5.21 Å². The number of anilines is 1. The van der Waals surface area contributed by atoms with Crippen LogP contribution >= 0.6 is 0 Å². The molecule has 3 nitrogen and oxygen atoms in total. The fourth-order valence-electron chi connectivity index (χ4n) is 0.824. The third kappa shape index (κ3) is 3.02. The maximum atomic E-state index is 11.1. The average molecular weight is 152 g/mol. The largest absolute Gasteiger partial charge is 0.607 e. The Balaban J connectivity index is 2.66. The quantitative estimate of drug-likeness (QED) is 0.516. The van der Waals surface area contributed by atoms with E-state index in [1.165, 1.54) is 14.1 Å². The van der Waals surface area contributed by atoms with Gasteiger partial charge >= 0.3 is 0 Å². The second kappa shape index (κ2) is 2.90. The van der Waals surface area contributed by atoms with Crippen LogP contribution < -0.4 is 5.43 Å². The zero-order valence-electron chi connectivity index (χ0n) is 6.74. The Morgan fingerprint density at radius 2 is 1.73 bits per heavy atom. The summed E-state index contributed by atoms with van der Waals surface area (Å²) in [5.41, 5.74) is 3.60. The molecular weight excluding hydrogens is 140 g/mol. The van der Waals surface area contributed by atoms with Gasteiger partial charge < -0.3 is 5.21 Å². The van der Waals surface area contributed by atoms with Crippen LogP contribution in [0.2, 0.25) is 0 Å². The van der Waals surface area contributed by atoms with Crippen molar-refractivity contribution in [3.8, 4) is 0 Å². The zero-order chi connectivity index (χ0) is 8.32. The first-order valence-electron chi connectivity index (χ1n) is 3.46.